The number of aromatic carboxylic acids is 1. The molecule has 0 amide bonds. The van der Waals surface area contributed by atoms with E-state index in [0.29, 0.717) is 11.4 Å². The van der Waals surface area contributed by atoms with Gasteiger partial charge in [0.05, 0.1) is 21.7 Å². The standard InChI is InChI=1S/C14H12BrNO3.Na/c1-8-10(14(18)19)13(17)11(15)12(16(8)2)9-6-4-3-5-7-9;/h3-7H,1-2H3,(H,18,19);/q;+1/p-1. The Balaban J connectivity index is 0.00000200. The first-order valence-electron chi connectivity index (χ1n) is 5.61. The van der Waals surface area contributed by atoms with Crippen LogP contribution in [0, 0.1) is 6.92 Å². The predicted octanol–water partition coefficient (Wildman–Crippen LogP) is -1.51. The third-order valence-corrected chi connectivity index (χ3v) is 3.82. The van der Waals surface area contributed by atoms with Crippen molar-refractivity contribution in [1.82, 2.24) is 4.57 Å². The quantitative estimate of drug-likeness (QED) is 0.623. The minimum absolute atomic E-state index is 0. The minimum Gasteiger partial charge on any atom is -0.545 e. The fourth-order valence-corrected chi connectivity index (χ4v) is 2.71. The Hall–Kier alpha value is -0.880. The Bertz CT molecular complexity index is 711. The smallest absolute Gasteiger partial charge is 0.545 e. The molecule has 1 aromatic heterocycles. The number of pyridine rings is 1. The maximum Gasteiger partial charge on any atom is 1.00 e. The minimum atomic E-state index is -1.46. The largest absolute Gasteiger partial charge is 1.00 e. The number of hydrogen-bond donors (Lipinski definition) is 0. The topological polar surface area (TPSA) is 62.1 Å². The first-order valence-corrected chi connectivity index (χ1v) is 6.40. The number of carboxylic acid groups (broad SMARTS) is 1. The number of halogens is 1. The van der Waals surface area contributed by atoms with Gasteiger partial charge in [0.25, 0.3) is 0 Å². The van der Waals surface area contributed by atoms with Crippen LogP contribution in [0.15, 0.2) is 39.6 Å². The number of carbonyl (C=O) groups excluding carboxylic acids is 1. The van der Waals surface area contributed by atoms with E-state index in [1.165, 1.54) is 0 Å². The second-order valence-corrected chi connectivity index (χ2v) is 4.96. The second-order valence-electron chi connectivity index (χ2n) is 4.16. The predicted molar refractivity (Wildman–Crippen MR) is 73.9 cm³/mol. The number of carbonyl (C=O) groups is 1. The summed E-state index contributed by atoms with van der Waals surface area (Å²) in [6.45, 7) is 1.59. The van der Waals surface area contributed by atoms with Crippen LogP contribution in [-0.2, 0) is 7.05 Å². The van der Waals surface area contributed by atoms with Gasteiger partial charge in [-0.2, -0.15) is 0 Å². The van der Waals surface area contributed by atoms with Crippen LogP contribution in [0.2, 0.25) is 0 Å². The Morgan fingerprint density at radius 3 is 2.30 bits per heavy atom. The maximum absolute atomic E-state index is 12.1. The molecule has 2 rings (SSSR count). The third kappa shape index (κ3) is 2.91. The molecule has 0 radical (unpaired) electrons. The van der Waals surface area contributed by atoms with Crippen molar-refractivity contribution < 1.29 is 39.5 Å². The molecular weight excluding hydrogens is 333 g/mol. The molecule has 98 valence electrons. The van der Waals surface area contributed by atoms with Gasteiger partial charge >= 0.3 is 29.6 Å². The van der Waals surface area contributed by atoms with Crippen LogP contribution in [-0.4, -0.2) is 10.5 Å². The van der Waals surface area contributed by atoms with Gasteiger partial charge in [0.15, 0.2) is 0 Å². The number of hydrogen-bond acceptors (Lipinski definition) is 3. The second kappa shape index (κ2) is 6.72. The summed E-state index contributed by atoms with van der Waals surface area (Å²) in [4.78, 5) is 23.1. The van der Waals surface area contributed by atoms with Gasteiger partial charge in [-0.1, -0.05) is 30.3 Å². The van der Waals surface area contributed by atoms with E-state index in [0.717, 1.165) is 5.56 Å². The molecule has 20 heavy (non-hydrogen) atoms. The zero-order valence-corrected chi connectivity index (χ0v) is 15.0. The van der Waals surface area contributed by atoms with Crippen molar-refractivity contribution in [3.05, 3.63) is 56.3 Å². The van der Waals surface area contributed by atoms with Crippen molar-refractivity contribution in [2.75, 3.05) is 0 Å². The van der Waals surface area contributed by atoms with Gasteiger partial charge in [-0.3, -0.25) is 4.79 Å². The summed E-state index contributed by atoms with van der Waals surface area (Å²) in [5.41, 5.74) is 0.977. The van der Waals surface area contributed by atoms with E-state index in [4.69, 9.17) is 0 Å². The molecule has 0 aliphatic rings. The van der Waals surface area contributed by atoms with E-state index < -0.39 is 11.4 Å². The molecule has 1 aromatic carbocycles. The first kappa shape index (κ1) is 17.2. The van der Waals surface area contributed by atoms with Gasteiger partial charge in [-0.25, -0.2) is 0 Å². The molecule has 0 fully saturated rings. The van der Waals surface area contributed by atoms with Crippen molar-refractivity contribution >= 4 is 21.9 Å². The van der Waals surface area contributed by atoms with Crippen molar-refractivity contribution in [2.45, 2.75) is 6.92 Å². The van der Waals surface area contributed by atoms with Gasteiger partial charge in [0.2, 0.25) is 5.43 Å². The van der Waals surface area contributed by atoms with Crippen LogP contribution in [0.1, 0.15) is 16.1 Å². The monoisotopic (exact) mass is 343 g/mol. The van der Waals surface area contributed by atoms with Crippen LogP contribution in [0.3, 0.4) is 0 Å². The van der Waals surface area contributed by atoms with Gasteiger partial charge < -0.3 is 14.5 Å². The summed E-state index contributed by atoms with van der Waals surface area (Å²) in [5.74, 6) is -1.46. The molecule has 2 aromatic rings. The van der Waals surface area contributed by atoms with E-state index in [2.05, 4.69) is 15.9 Å². The Morgan fingerprint density at radius 2 is 1.80 bits per heavy atom. The van der Waals surface area contributed by atoms with E-state index >= 15 is 0 Å². The van der Waals surface area contributed by atoms with Gasteiger partial charge in [-0.05, 0) is 28.4 Å². The Kier molecular flexibility index (Phi) is 5.77. The fourth-order valence-electron chi connectivity index (χ4n) is 2.02. The number of rotatable bonds is 2. The van der Waals surface area contributed by atoms with Crippen LogP contribution in [0.4, 0.5) is 0 Å². The summed E-state index contributed by atoms with van der Waals surface area (Å²) in [6.07, 6.45) is 0. The molecule has 0 unspecified atom stereocenters. The molecule has 0 atom stereocenters. The van der Waals surface area contributed by atoms with Crippen molar-refractivity contribution in [1.29, 1.82) is 0 Å². The molecule has 4 nitrogen and oxygen atoms in total. The first-order chi connectivity index (χ1) is 8.95. The molecule has 0 aliphatic heterocycles. The zero-order chi connectivity index (χ0) is 14.2. The molecule has 0 saturated carbocycles. The van der Waals surface area contributed by atoms with E-state index in [1.54, 1.807) is 18.5 Å². The summed E-state index contributed by atoms with van der Waals surface area (Å²) in [7, 11) is 1.72. The average Bonchev–Trinajstić information content (AvgIpc) is 2.38. The molecule has 0 aliphatic carbocycles. The molecule has 0 N–H and O–H groups in total. The van der Waals surface area contributed by atoms with Gasteiger partial charge in [-0.15, -0.1) is 0 Å². The summed E-state index contributed by atoms with van der Waals surface area (Å²) in [6, 6.07) is 9.30. The third-order valence-electron chi connectivity index (χ3n) is 3.09. The molecule has 0 saturated heterocycles. The van der Waals surface area contributed by atoms with Gasteiger partial charge in [0.1, 0.15) is 0 Å². The number of carboxylic acids is 1. The van der Waals surface area contributed by atoms with Crippen LogP contribution >= 0.6 is 15.9 Å². The van der Waals surface area contributed by atoms with E-state index in [1.807, 2.05) is 30.3 Å². The van der Waals surface area contributed by atoms with Crippen molar-refractivity contribution in [2.24, 2.45) is 7.05 Å². The number of nitrogens with zero attached hydrogens (tertiary/aromatic N) is 1. The normalized spacial score (nSPS) is 9.95. The maximum atomic E-state index is 12.1. The number of aromatic nitrogens is 1. The fraction of sp³-hybridized carbons (Fsp3) is 0.143. The summed E-state index contributed by atoms with van der Waals surface area (Å²) >= 11 is 3.20. The number of benzene rings is 1. The van der Waals surface area contributed by atoms with E-state index in [9.17, 15) is 14.7 Å². The molecule has 1 heterocycles. The van der Waals surface area contributed by atoms with Crippen LogP contribution in [0.5, 0.6) is 0 Å². The molecule has 0 spiro atoms. The SMILES string of the molecule is Cc1c(C(=O)[O-])c(=O)c(Br)c(-c2ccccc2)n1C.[Na+]. The Morgan fingerprint density at radius 1 is 1.25 bits per heavy atom. The van der Waals surface area contributed by atoms with E-state index in [-0.39, 0.29) is 39.6 Å². The van der Waals surface area contributed by atoms with Crippen molar-refractivity contribution in [3.63, 3.8) is 0 Å². The zero-order valence-electron chi connectivity index (χ0n) is 11.4. The van der Waals surface area contributed by atoms with Crippen LogP contribution in [0.25, 0.3) is 11.3 Å². The molecular formula is C14H11BrNNaO3. The average molecular weight is 344 g/mol. The Labute approximate surface area is 146 Å². The van der Waals surface area contributed by atoms with Crippen LogP contribution < -0.4 is 40.1 Å². The summed E-state index contributed by atoms with van der Waals surface area (Å²) in [5, 5.41) is 11.0. The molecule has 6 heteroatoms. The van der Waals surface area contributed by atoms with Gasteiger partial charge in [0, 0.05) is 12.7 Å². The molecule has 0 bridgehead atoms. The summed E-state index contributed by atoms with van der Waals surface area (Å²) < 4.78 is 1.90. The van der Waals surface area contributed by atoms with Crippen molar-refractivity contribution in [3.8, 4) is 11.3 Å².